The molecule has 2 fully saturated rings. The van der Waals surface area contributed by atoms with Crippen LogP contribution in [-0.2, 0) is 9.53 Å². The van der Waals surface area contributed by atoms with Crippen LogP contribution in [0.5, 0.6) is 0 Å². The molecule has 1 aliphatic heterocycles. The number of cyclic esters (lactones) is 1. The predicted molar refractivity (Wildman–Crippen MR) is 101 cm³/mol. The van der Waals surface area contributed by atoms with Crippen LogP contribution in [0.4, 0.5) is 4.79 Å². The van der Waals surface area contributed by atoms with Gasteiger partial charge in [0.05, 0.1) is 18.0 Å². The number of nitrogens with zero attached hydrogens (tertiary/aromatic N) is 4. The summed E-state index contributed by atoms with van der Waals surface area (Å²) in [6.45, 7) is 0.583. The van der Waals surface area contributed by atoms with Crippen LogP contribution in [0.2, 0.25) is 0 Å². The van der Waals surface area contributed by atoms with Crippen molar-refractivity contribution in [3.8, 4) is 5.69 Å². The van der Waals surface area contributed by atoms with E-state index in [2.05, 4.69) is 5.10 Å². The van der Waals surface area contributed by atoms with Crippen molar-refractivity contribution in [3.05, 3.63) is 36.2 Å². The molecule has 1 saturated carbocycles. The molecule has 2 amide bonds. The van der Waals surface area contributed by atoms with Crippen molar-refractivity contribution < 1.29 is 14.3 Å². The topological polar surface area (TPSA) is 77.3 Å². The maximum Gasteiger partial charge on any atom is 0.416 e. The van der Waals surface area contributed by atoms with Gasteiger partial charge in [-0.3, -0.25) is 4.79 Å². The van der Waals surface area contributed by atoms with Gasteiger partial charge in [0.15, 0.2) is 0 Å². The van der Waals surface area contributed by atoms with E-state index in [9.17, 15) is 9.59 Å². The van der Waals surface area contributed by atoms with Crippen molar-refractivity contribution in [2.75, 3.05) is 18.9 Å². The molecule has 0 N–H and O–H groups in total. The normalized spacial score (nSPS) is 17.9. The maximum absolute atomic E-state index is 12.2. The van der Waals surface area contributed by atoms with Gasteiger partial charge in [-0.25, -0.2) is 19.4 Å². The van der Waals surface area contributed by atoms with E-state index < -0.39 is 6.09 Å². The summed E-state index contributed by atoms with van der Waals surface area (Å²) in [4.78, 5) is 29.6. The number of carbonyl (C=O) groups is 2. The summed E-state index contributed by atoms with van der Waals surface area (Å²) in [5.74, 6) is 1.22. The molecule has 4 rings (SSSR count). The summed E-state index contributed by atoms with van der Waals surface area (Å²) in [5.41, 5.74) is 0.979. The smallest absolute Gasteiger partial charge is 0.416 e. The highest BCUT2D eigenvalue weighted by atomic mass is 32.2. The average Bonchev–Trinajstić information content (AvgIpc) is 3.34. The molecule has 0 radical (unpaired) electrons. The van der Waals surface area contributed by atoms with Gasteiger partial charge in [0, 0.05) is 5.92 Å². The number of benzene rings is 1. The zero-order valence-corrected chi connectivity index (χ0v) is 15.9. The quantitative estimate of drug-likeness (QED) is 0.733. The van der Waals surface area contributed by atoms with E-state index in [1.807, 2.05) is 35.0 Å². The molecule has 1 aromatic carbocycles. The highest BCUT2D eigenvalue weighted by Gasteiger charge is 2.29. The zero-order valence-electron chi connectivity index (χ0n) is 15.0. The molecule has 0 atom stereocenters. The van der Waals surface area contributed by atoms with Crippen molar-refractivity contribution >= 4 is 23.8 Å². The average molecular weight is 386 g/mol. The lowest BCUT2D eigenvalue weighted by Gasteiger charge is -2.21. The van der Waals surface area contributed by atoms with Crippen molar-refractivity contribution in [2.24, 2.45) is 0 Å². The number of aromatic nitrogens is 3. The second kappa shape index (κ2) is 8.12. The Balaban J connectivity index is 1.53. The first-order valence-corrected chi connectivity index (χ1v) is 10.3. The Morgan fingerprint density at radius 2 is 1.96 bits per heavy atom. The molecule has 27 heavy (non-hydrogen) atoms. The Bertz CT molecular complexity index is 818. The van der Waals surface area contributed by atoms with Crippen LogP contribution in [0, 0.1) is 0 Å². The Hall–Kier alpha value is -2.35. The van der Waals surface area contributed by atoms with Crippen LogP contribution >= 0.6 is 11.8 Å². The van der Waals surface area contributed by atoms with Crippen LogP contribution in [0.25, 0.3) is 5.69 Å². The van der Waals surface area contributed by atoms with E-state index >= 15 is 0 Å². The number of amides is 2. The van der Waals surface area contributed by atoms with Gasteiger partial charge >= 0.3 is 6.09 Å². The third kappa shape index (κ3) is 4.00. The summed E-state index contributed by atoms with van der Waals surface area (Å²) in [5, 5.41) is 5.22. The molecule has 1 aliphatic carbocycles. The lowest BCUT2D eigenvalue weighted by molar-refractivity contribution is -0.125. The van der Waals surface area contributed by atoms with Crippen LogP contribution in [-0.4, -0.2) is 50.6 Å². The molecular formula is C19H22N4O3S. The molecule has 1 saturated heterocycles. The minimum absolute atomic E-state index is 0.123. The van der Waals surface area contributed by atoms with Gasteiger partial charge in [0.1, 0.15) is 12.4 Å². The molecule has 2 aliphatic rings. The Kier molecular flexibility index (Phi) is 5.42. The summed E-state index contributed by atoms with van der Waals surface area (Å²) < 4.78 is 6.73. The predicted octanol–water partition coefficient (Wildman–Crippen LogP) is 3.39. The van der Waals surface area contributed by atoms with E-state index in [1.54, 1.807) is 0 Å². The van der Waals surface area contributed by atoms with E-state index in [0.717, 1.165) is 29.3 Å². The highest BCUT2D eigenvalue weighted by Crippen LogP contribution is 2.33. The molecule has 7 nitrogen and oxygen atoms in total. The minimum atomic E-state index is -0.564. The van der Waals surface area contributed by atoms with E-state index in [0.29, 0.717) is 17.6 Å². The first-order chi connectivity index (χ1) is 13.2. The summed E-state index contributed by atoms with van der Waals surface area (Å²) in [6.07, 6.45) is 5.38. The molecule has 2 aromatic rings. The van der Waals surface area contributed by atoms with Crippen LogP contribution < -0.4 is 0 Å². The highest BCUT2D eigenvalue weighted by molar-refractivity contribution is 7.99. The lowest BCUT2D eigenvalue weighted by atomic mass is 9.88. The molecule has 0 unspecified atom stereocenters. The Morgan fingerprint density at radius 3 is 2.67 bits per heavy atom. The van der Waals surface area contributed by atoms with Crippen molar-refractivity contribution in [3.63, 3.8) is 0 Å². The number of rotatable bonds is 5. The van der Waals surface area contributed by atoms with Crippen molar-refractivity contribution in [2.45, 2.75) is 43.2 Å². The second-order valence-corrected chi connectivity index (χ2v) is 7.73. The number of carbonyl (C=O) groups excluding carboxylic acids is 2. The van der Waals surface area contributed by atoms with Gasteiger partial charge in [-0.15, -0.1) is 5.10 Å². The van der Waals surface area contributed by atoms with Gasteiger partial charge in [-0.1, -0.05) is 49.2 Å². The molecule has 0 spiro atoms. The van der Waals surface area contributed by atoms with Crippen LogP contribution in [0.3, 0.4) is 0 Å². The van der Waals surface area contributed by atoms with Crippen molar-refractivity contribution in [1.29, 1.82) is 0 Å². The van der Waals surface area contributed by atoms with E-state index in [-0.39, 0.29) is 18.3 Å². The summed E-state index contributed by atoms with van der Waals surface area (Å²) >= 11 is 1.27. The largest absolute Gasteiger partial charge is 0.447 e. The Morgan fingerprint density at radius 1 is 1.19 bits per heavy atom. The molecular weight excluding hydrogens is 364 g/mol. The second-order valence-electron chi connectivity index (χ2n) is 6.78. The van der Waals surface area contributed by atoms with Gasteiger partial charge in [-0.05, 0) is 25.0 Å². The molecule has 0 bridgehead atoms. The number of hydrogen-bond acceptors (Lipinski definition) is 6. The molecule has 2 heterocycles. The van der Waals surface area contributed by atoms with Crippen molar-refractivity contribution in [1.82, 2.24) is 19.7 Å². The lowest BCUT2D eigenvalue weighted by Crippen LogP contribution is -2.33. The molecule has 142 valence electrons. The SMILES string of the molecule is O=C(CSc1nc(C2CCCCC2)n(-c2ccccc2)n1)N1CCOC1=O. The summed E-state index contributed by atoms with van der Waals surface area (Å²) in [6, 6.07) is 9.97. The third-order valence-corrected chi connectivity index (χ3v) is 5.79. The number of imide groups is 1. The van der Waals surface area contributed by atoms with Gasteiger partial charge in [0.2, 0.25) is 11.1 Å². The van der Waals surface area contributed by atoms with E-state index in [4.69, 9.17) is 9.72 Å². The number of thioether (sulfide) groups is 1. The van der Waals surface area contributed by atoms with Gasteiger partial charge < -0.3 is 4.74 Å². The fourth-order valence-electron chi connectivity index (χ4n) is 3.57. The Labute approximate surface area is 162 Å². The third-order valence-electron chi connectivity index (χ3n) is 4.97. The number of para-hydroxylation sites is 1. The zero-order chi connectivity index (χ0) is 18.6. The fraction of sp³-hybridized carbons (Fsp3) is 0.474. The molecule has 1 aromatic heterocycles. The van der Waals surface area contributed by atoms with Crippen LogP contribution in [0.1, 0.15) is 43.8 Å². The molecule has 8 heteroatoms. The van der Waals surface area contributed by atoms with Gasteiger partial charge in [0.25, 0.3) is 0 Å². The standard InChI is InChI=1S/C19H22N4O3S/c24-16(22-11-12-26-19(22)25)13-27-18-20-17(14-7-3-1-4-8-14)23(21-18)15-9-5-2-6-10-15/h2,5-6,9-10,14H,1,3-4,7-8,11-13H2. The minimum Gasteiger partial charge on any atom is -0.447 e. The first-order valence-electron chi connectivity index (χ1n) is 9.34. The first kappa shape index (κ1) is 18.0. The number of hydrogen-bond donors (Lipinski definition) is 0. The maximum atomic E-state index is 12.2. The fourth-order valence-corrected chi connectivity index (χ4v) is 4.28. The monoisotopic (exact) mass is 386 g/mol. The van der Waals surface area contributed by atoms with E-state index in [1.165, 1.54) is 31.0 Å². The number of ether oxygens (including phenoxy) is 1. The van der Waals surface area contributed by atoms with Gasteiger partial charge in [-0.2, -0.15) is 0 Å². The summed E-state index contributed by atoms with van der Waals surface area (Å²) in [7, 11) is 0. The van der Waals surface area contributed by atoms with Crippen LogP contribution in [0.15, 0.2) is 35.5 Å².